The van der Waals surface area contributed by atoms with Gasteiger partial charge in [0.25, 0.3) is 15.9 Å². The number of primary amides is 1. The zero-order chi connectivity index (χ0) is 18.3. The van der Waals surface area contributed by atoms with Crippen LogP contribution in [0, 0.1) is 0 Å². The first-order valence-electron chi connectivity index (χ1n) is 8.14. The van der Waals surface area contributed by atoms with Gasteiger partial charge in [-0.15, -0.1) is 4.83 Å². The average Bonchev–Trinajstić information content (AvgIpc) is 3.00. The summed E-state index contributed by atoms with van der Waals surface area (Å²) in [6, 6.07) is 6.51. The zero-order valence-corrected chi connectivity index (χ0v) is 14.6. The van der Waals surface area contributed by atoms with Crippen molar-refractivity contribution in [1.29, 1.82) is 0 Å². The fourth-order valence-electron chi connectivity index (χ4n) is 3.14. The van der Waals surface area contributed by atoms with Crippen LogP contribution < -0.4 is 15.9 Å². The molecule has 3 heterocycles. The van der Waals surface area contributed by atoms with Crippen LogP contribution in [-0.2, 0) is 10.0 Å². The number of hydrogen-bond acceptors (Lipinski definition) is 6. The number of piperazine rings is 1. The number of amides is 1. The number of nitrogens with one attached hydrogen (secondary N) is 3. The van der Waals surface area contributed by atoms with E-state index in [0.29, 0.717) is 34.9 Å². The van der Waals surface area contributed by atoms with Gasteiger partial charge in [-0.25, -0.2) is 18.4 Å². The number of carbonyl (C=O) groups excluding carboxylic acids is 1. The average molecular weight is 374 g/mol. The molecule has 0 saturated carbocycles. The molecule has 3 aromatic rings. The Morgan fingerprint density at radius 3 is 2.69 bits per heavy atom. The van der Waals surface area contributed by atoms with Gasteiger partial charge in [0.2, 0.25) is 0 Å². The first-order chi connectivity index (χ1) is 12.5. The summed E-state index contributed by atoms with van der Waals surface area (Å²) in [5.41, 5.74) is 6.70. The van der Waals surface area contributed by atoms with E-state index in [0.717, 1.165) is 13.1 Å². The van der Waals surface area contributed by atoms with Crippen LogP contribution in [0.1, 0.15) is 10.5 Å². The standard InChI is InChI=1S/C16H18N6O3S/c17-16(23)15-14-11(3-4-19-15)12-9-10(1-2-13(12)20-14)26(24,25)21-22-7-5-18-6-8-22/h1-4,9,18,20-21H,5-8H2,(H2,17,23). The summed E-state index contributed by atoms with van der Waals surface area (Å²) >= 11 is 0. The van der Waals surface area contributed by atoms with Gasteiger partial charge in [0, 0.05) is 48.7 Å². The quantitative estimate of drug-likeness (QED) is 0.505. The summed E-state index contributed by atoms with van der Waals surface area (Å²) in [6.45, 7) is 2.66. The Morgan fingerprint density at radius 1 is 1.19 bits per heavy atom. The van der Waals surface area contributed by atoms with Crippen LogP contribution in [-0.4, -0.2) is 55.5 Å². The molecule has 10 heteroatoms. The largest absolute Gasteiger partial charge is 0.364 e. The highest BCUT2D eigenvalue weighted by Crippen LogP contribution is 2.28. The van der Waals surface area contributed by atoms with E-state index in [1.54, 1.807) is 23.2 Å². The van der Waals surface area contributed by atoms with E-state index in [4.69, 9.17) is 5.73 Å². The summed E-state index contributed by atoms with van der Waals surface area (Å²) in [5, 5.41) is 6.24. The number of nitrogens with zero attached hydrogens (tertiary/aromatic N) is 2. The molecule has 0 bridgehead atoms. The summed E-state index contributed by atoms with van der Waals surface area (Å²) in [6.07, 6.45) is 1.48. The van der Waals surface area contributed by atoms with Gasteiger partial charge in [0.15, 0.2) is 5.69 Å². The first kappa shape index (κ1) is 16.9. The van der Waals surface area contributed by atoms with Crippen LogP contribution in [0.2, 0.25) is 0 Å². The number of aromatic nitrogens is 2. The number of aromatic amines is 1. The third kappa shape index (κ3) is 2.92. The summed E-state index contributed by atoms with van der Waals surface area (Å²) in [7, 11) is -3.70. The predicted molar refractivity (Wildman–Crippen MR) is 96.9 cm³/mol. The molecule has 1 fully saturated rings. The third-order valence-electron chi connectivity index (χ3n) is 4.40. The molecule has 1 aliphatic heterocycles. The van der Waals surface area contributed by atoms with E-state index in [1.165, 1.54) is 12.3 Å². The Hall–Kier alpha value is -2.53. The molecular formula is C16H18N6O3S. The van der Waals surface area contributed by atoms with Crippen molar-refractivity contribution in [3.63, 3.8) is 0 Å². The Bertz CT molecular complexity index is 1100. The van der Waals surface area contributed by atoms with Crippen LogP contribution in [0.3, 0.4) is 0 Å². The molecule has 0 unspecified atom stereocenters. The van der Waals surface area contributed by atoms with Crippen LogP contribution >= 0.6 is 0 Å². The van der Waals surface area contributed by atoms with Gasteiger partial charge in [-0.1, -0.05) is 0 Å². The molecule has 1 aliphatic rings. The van der Waals surface area contributed by atoms with Crippen molar-refractivity contribution < 1.29 is 13.2 Å². The summed E-state index contributed by atoms with van der Waals surface area (Å²) in [5.74, 6) is -0.643. The molecule has 5 N–H and O–H groups in total. The molecule has 0 radical (unpaired) electrons. The van der Waals surface area contributed by atoms with Crippen molar-refractivity contribution in [3.8, 4) is 0 Å². The molecule has 136 valence electrons. The lowest BCUT2D eigenvalue weighted by molar-refractivity contribution is 0.0997. The lowest BCUT2D eigenvalue weighted by Gasteiger charge is -2.27. The molecular weight excluding hydrogens is 356 g/mol. The fraction of sp³-hybridized carbons (Fsp3) is 0.250. The molecule has 1 amide bonds. The molecule has 9 nitrogen and oxygen atoms in total. The number of hydrazine groups is 1. The second-order valence-corrected chi connectivity index (χ2v) is 7.77. The molecule has 2 aromatic heterocycles. The molecule has 1 saturated heterocycles. The monoisotopic (exact) mass is 374 g/mol. The van der Waals surface area contributed by atoms with E-state index in [2.05, 4.69) is 20.1 Å². The second kappa shape index (κ2) is 6.32. The van der Waals surface area contributed by atoms with Gasteiger partial charge in [0.05, 0.1) is 10.4 Å². The highest BCUT2D eigenvalue weighted by Gasteiger charge is 2.21. The topological polar surface area (TPSA) is 133 Å². The summed E-state index contributed by atoms with van der Waals surface area (Å²) in [4.78, 5) is 21.4. The summed E-state index contributed by atoms with van der Waals surface area (Å²) < 4.78 is 25.4. The van der Waals surface area contributed by atoms with Crippen molar-refractivity contribution in [2.24, 2.45) is 5.73 Å². The Kier molecular flexibility index (Phi) is 4.11. The van der Waals surface area contributed by atoms with Gasteiger partial charge < -0.3 is 16.0 Å². The number of nitrogens with two attached hydrogens (primary N) is 1. The first-order valence-corrected chi connectivity index (χ1v) is 9.62. The second-order valence-electron chi connectivity index (χ2n) is 6.11. The van der Waals surface area contributed by atoms with E-state index in [-0.39, 0.29) is 10.6 Å². The van der Waals surface area contributed by atoms with Gasteiger partial charge in [-0.05, 0) is 24.3 Å². The lowest BCUT2D eigenvalue weighted by atomic mass is 10.1. The molecule has 1 aromatic carbocycles. The molecule has 0 spiro atoms. The minimum Gasteiger partial charge on any atom is -0.364 e. The molecule has 4 rings (SSSR count). The highest BCUT2D eigenvalue weighted by atomic mass is 32.2. The third-order valence-corrected chi connectivity index (χ3v) is 5.77. The molecule has 26 heavy (non-hydrogen) atoms. The van der Waals surface area contributed by atoms with Crippen molar-refractivity contribution in [1.82, 2.24) is 25.1 Å². The number of carbonyl (C=O) groups is 1. The lowest BCUT2D eigenvalue weighted by Crippen LogP contribution is -2.52. The molecule has 0 aliphatic carbocycles. The predicted octanol–water partition coefficient (Wildman–Crippen LogP) is -0.0865. The van der Waals surface area contributed by atoms with E-state index in [1.807, 2.05) is 0 Å². The zero-order valence-electron chi connectivity index (χ0n) is 13.8. The number of pyridine rings is 1. The van der Waals surface area contributed by atoms with Crippen molar-refractivity contribution >= 4 is 37.7 Å². The fourth-order valence-corrected chi connectivity index (χ4v) is 4.28. The number of rotatable bonds is 4. The van der Waals surface area contributed by atoms with Crippen molar-refractivity contribution in [3.05, 3.63) is 36.2 Å². The minimum atomic E-state index is -3.70. The van der Waals surface area contributed by atoms with Crippen LogP contribution in [0.25, 0.3) is 21.8 Å². The van der Waals surface area contributed by atoms with Crippen LogP contribution in [0.4, 0.5) is 0 Å². The number of H-pyrrole nitrogens is 1. The van der Waals surface area contributed by atoms with Crippen molar-refractivity contribution in [2.75, 3.05) is 26.2 Å². The molecule has 0 atom stereocenters. The smallest absolute Gasteiger partial charge is 0.269 e. The van der Waals surface area contributed by atoms with E-state index < -0.39 is 15.9 Å². The number of hydrogen-bond donors (Lipinski definition) is 4. The normalized spacial score (nSPS) is 16.3. The minimum absolute atomic E-state index is 0.127. The van der Waals surface area contributed by atoms with E-state index in [9.17, 15) is 13.2 Å². The van der Waals surface area contributed by atoms with Gasteiger partial charge in [-0.3, -0.25) is 4.79 Å². The number of benzene rings is 1. The van der Waals surface area contributed by atoms with Gasteiger partial charge >= 0.3 is 0 Å². The highest BCUT2D eigenvalue weighted by molar-refractivity contribution is 7.89. The van der Waals surface area contributed by atoms with Crippen LogP contribution in [0.15, 0.2) is 35.4 Å². The Morgan fingerprint density at radius 2 is 1.96 bits per heavy atom. The van der Waals surface area contributed by atoms with Crippen LogP contribution in [0.5, 0.6) is 0 Å². The Labute approximate surface area is 149 Å². The maximum atomic E-state index is 12.7. The SMILES string of the molecule is NC(=O)c1nccc2c1[nH]c1ccc(S(=O)(=O)NN3CCNCC3)cc12. The van der Waals surface area contributed by atoms with Crippen molar-refractivity contribution in [2.45, 2.75) is 4.90 Å². The number of fused-ring (bicyclic) bond motifs is 3. The van der Waals surface area contributed by atoms with Gasteiger partial charge in [0.1, 0.15) is 0 Å². The Balaban J connectivity index is 1.78. The van der Waals surface area contributed by atoms with E-state index >= 15 is 0 Å². The maximum Gasteiger partial charge on any atom is 0.269 e. The van der Waals surface area contributed by atoms with Gasteiger partial charge in [-0.2, -0.15) is 0 Å². The number of sulfonamides is 1. The maximum absolute atomic E-state index is 12.7.